The number of rotatable bonds is 2. The fraction of sp³-hybridized carbons (Fsp3) is 0.286. The Kier molecular flexibility index (Phi) is 3.57. The highest BCUT2D eigenvalue weighted by Crippen LogP contribution is 2.22. The highest BCUT2D eigenvalue weighted by atomic mass is 32.1. The quantitative estimate of drug-likeness (QED) is 0.814. The van der Waals surface area contributed by atoms with Crippen LogP contribution in [-0.2, 0) is 0 Å². The molecule has 1 aromatic heterocycles. The van der Waals surface area contributed by atoms with E-state index in [0.717, 1.165) is 16.8 Å². The monoisotopic (exact) mass is 262 g/mol. The molecule has 2 aromatic rings. The van der Waals surface area contributed by atoms with E-state index in [1.54, 1.807) is 6.07 Å². The van der Waals surface area contributed by atoms with Crippen LogP contribution in [0.5, 0.6) is 0 Å². The summed E-state index contributed by atoms with van der Waals surface area (Å²) >= 11 is 5.17. The van der Waals surface area contributed by atoms with Crippen molar-refractivity contribution in [2.24, 2.45) is 0 Å². The maximum Gasteiger partial charge on any atom is 0.139 e. The van der Waals surface area contributed by atoms with Crippen molar-refractivity contribution in [2.75, 3.05) is 0 Å². The molecule has 0 amide bonds. The normalized spacial score (nSPS) is 10.9. The van der Waals surface area contributed by atoms with Crippen LogP contribution < -0.4 is 0 Å². The first-order chi connectivity index (χ1) is 8.47. The van der Waals surface area contributed by atoms with E-state index >= 15 is 0 Å². The third kappa shape index (κ3) is 2.64. The van der Waals surface area contributed by atoms with Gasteiger partial charge in [0.25, 0.3) is 0 Å². The van der Waals surface area contributed by atoms with Crippen LogP contribution in [0.4, 0.5) is 4.39 Å². The number of halogens is 1. The van der Waals surface area contributed by atoms with Crippen molar-refractivity contribution in [1.82, 2.24) is 9.97 Å². The smallest absolute Gasteiger partial charge is 0.139 e. The Morgan fingerprint density at radius 2 is 2.00 bits per heavy atom. The predicted molar refractivity (Wildman–Crippen MR) is 73.6 cm³/mol. The van der Waals surface area contributed by atoms with Crippen molar-refractivity contribution in [3.8, 4) is 11.4 Å². The zero-order valence-electron chi connectivity index (χ0n) is 10.6. The Balaban J connectivity index is 2.60. The van der Waals surface area contributed by atoms with Gasteiger partial charge in [-0.25, -0.2) is 9.37 Å². The largest absolute Gasteiger partial charge is 0.343 e. The molecule has 1 aromatic carbocycles. The number of aromatic nitrogens is 2. The Morgan fingerprint density at radius 1 is 1.28 bits per heavy atom. The van der Waals surface area contributed by atoms with E-state index < -0.39 is 0 Å². The van der Waals surface area contributed by atoms with Crippen LogP contribution in [0.15, 0.2) is 24.3 Å². The molecule has 2 rings (SSSR count). The van der Waals surface area contributed by atoms with E-state index in [2.05, 4.69) is 23.8 Å². The molecule has 0 atom stereocenters. The van der Waals surface area contributed by atoms with Crippen molar-refractivity contribution in [3.63, 3.8) is 0 Å². The highest BCUT2D eigenvalue weighted by molar-refractivity contribution is 7.71. The van der Waals surface area contributed by atoms with Crippen LogP contribution in [0.1, 0.15) is 31.0 Å². The summed E-state index contributed by atoms with van der Waals surface area (Å²) in [4.78, 5) is 7.57. The van der Waals surface area contributed by atoms with Gasteiger partial charge in [-0.15, -0.1) is 0 Å². The van der Waals surface area contributed by atoms with E-state index in [1.807, 2.05) is 13.0 Å². The molecule has 0 aliphatic rings. The first-order valence-electron chi connectivity index (χ1n) is 5.85. The lowest BCUT2D eigenvalue weighted by Gasteiger charge is -2.10. The molecule has 0 spiro atoms. The number of hydrogen-bond donors (Lipinski definition) is 1. The summed E-state index contributed by atoms with van der Waals surface area (Å²) in [6.07, 6.45) is 0. The summed E-state index contributed by atoms with van der Waals surface area (Å²) in [6, 6.07) is 6.52. The van der Waals surface area contributed by atoms with Crippen LogP contribution in [-0.4, -0.2) is 9.97 Å². The Labute approximate surface area is 111 Å². The van der Waals surface area contributed by atoms with Crippen molar-refractivity contribution in [1.29, 1.82) is 0 Å². The average molecular weight is 262 g/mol. The van der Waals surface area contributed by atoms with E-state index in [4.69, 9.17) is 12.2 Å². The molecule has 0 aliphatic heterocycles. The zero-order valence-corrected chi connectivity index (χ0v) is 11.4. The fourth-order valence-corrected chi connectivity index (χ4v) is 2.03. The third-order valence-corrected chi connectivity index (χ3v) is 3.04. The van der Waals surface area contributed by atoms with Crippen molar-refractivity contribution >= 4 is 12.2 Å². The fourth-order valence-electron chi connectivity index (χ4n) is 1.81. The minimum absolute atomic E-state index is 0.241. The van der Waals surface area contributed by atoms with Crippen LogP contribution in [0, 0.1) is 17.4 Å². The summed E-state index contributed by atoms with van der Waals surface area (Å²) in [5, 5.41) is 0. The van der Waals surface area contributed by atoms with Crippen molar-refractivity contribution < 1.29 is 4.39 Å². The van der Waals surface area contributed by atoms with Crippen LogP contribution >= 0.6 is 12.2 Å². The van der Waals surface area contributed by atoms with E-state index in [1.165, 1.54) is 12.1 Å². The molecule has 0 unspecified atom stereocenters. The predicted octanol–water partition coefficient (Wildman–Crippen LogP) is 4.38. The van der Waals surface area contributed by atoms with Crippen LogP contribution in [0.3, 0.4) is 0 Å². The lowest BCUT2D eigenvalue weighted by molar-refractivity contribution is 0.627. The second-order valence-electron chi connectivity index (χ2n) is 4.64. The second-order valence-corrected chi connectivity index (χ2v) is 5.06. The average Bonchev–Trinajstić information content (AvgIpc) is 2.27. The first-order valence-corrected chi connectivity index (χ1v) is 6.26. The van der Waals surface area contributed by atoms with Gasteiger partial charge in [0.2, 0.25) is 0 Å². The van der Waals surface area contributed by atoms with Gasteiger partial charge < -0.3 is 4.98 Å². The number of H-pyrrole nitrogens is 1. The molecule has 18 heavy (non-hydrogen) atoms. The van der Waals surface area contributed by atoms with Gasteiger partial charge in [0.15, 0.2) is 0 Å². The van der Waals surface area contributed by atoms with Gasteiger partial charge in [-0.3, -0.25) is 0 Å². The Bertz CT molecular complexity index is 632. The molecule has 4 heteroatoms. The minimum atomic E-state index is -0.241. The lowest BCUT2D eigenvalue weighted by atomic mass is 10.1. The Morgan fingerprint density at radius 3 is 2.61 bits per heavy atom. The summed E-state index contributed by atoms with van der Waals surface area (Å²) in [5.74, 6) is 0.799. The minimum Gasteiger partial charge on any atom is -0.343 e. The molecular weight excluding hydrogens is 247 g/mol. The van der Waals surface area contributed by atoms with Gasteiger partial charge in [-0.2, -0.15) is 0 Å². The maximum atomic E-state index is 13.1. The molecule has 0 fully saturated rings. The molecule has 0 bridgehead atoms. The standard InChI is InChI=1S/C14H15FN2S/c1-8(2)12-7-13(18)17-14(16-12)11-5-4-10(15)6-9(11)3/h4-8H,1-3H3,(H,16,17,18). The number of benzene rings is 1. The van der Waals surface area contributed by atoms with Gasteiger partial charge in [0.1, 0.15) is 16.3 Å². The molecule has 2 nitrogen and oxygen atoms in total. The highest BCUT2D eigenvalue weighted by Gasteiger charge is 2.08. The molecule has 1 N–H and O–H groups in total. The molecular formula is C14H15FN2S. The lowest BCUT2D eigenvalue weighted by Crippen LogP contribution is -1.99. The van der Waals surface area contributed by atoms with E-state index in [0.29, 0.717) is 16.4 Å². The van der Waals surface area contributed by atoms with Gasteiger partial charge in [-0.1, -0.05) is 26.1 Å². The van der Waals surface area contributed by atoms with Crippen molar-refractivity contribution in [2.45, 2.75) is 26.7 Å². The maximum absolute atomic E-state index is 13.1. The number of aryl methyl sites for hydroxylation is 1. The SMILES string of the molecule is Cc1cc(F)ccc1-c1nc(=S)cc(C(C)C)[nH]1. The van der Waals surface area contributed by atoms with Gasteiger partial charge in [0.05, 0.1) is 0 Å². The molecule has 0 saturated carbocycles. The first kappa shape index (κ1) is 12.9. The van der Waals surface area contributed by atoms with Crippen LogP contribution in [0.2, 0.25) is 0 Å². The van der Waals surface area contributed by atoms with Gasteiger partial charge >= 0.3 is 0 Å². The van der Waals surface area contributed by atoms with E-state index in [9.17, 15) is 4.39 Å². The van der Waals surface area contributed by atoms with Crippen LogP contribution in [0.25, 0.3) is 11.4 Å². The molecule has 0 saturated heterocycles. The summed E-state index contributed by atoms with van der Waals surface area (Å²) in [5.41, 5.74) is 2.76. The van der Waals surface area contributed by atoms with Gasteiger partial charge in [-0.05, 0) is 42.7 Å². The number of hydrogen-bond acceptors (Lipinski definition) is 2. The Hall–Kier alpha value is -1.55. The van der Waals surface area contributed by atoms with E-state index in [-0.39, 0.29) is 5.82 Å². The third-order valence-electron chi connectivity index (χ3n) is 2.83. The zero-order chi connectivity index (χ0) is 13.3. The number of nitrogens with one attached hydrogen (secondary N) is 1. The summed E-state index contributed by atoms with van der Waals surface area (Å²) in [6.45, 7) is 6.03. The van der Waals surface area contributed by atoms with Gasteiger partial charge in [0, 0.05) is 11.3 Å². The summed E-state index contributed by atoms with van der Waals surface area (Å²) < 4.78 is 13.7. The molecule has 0 radical (unpaired) electrons. The second kappa shape index (κ2) is 4.98. The topological polar surface area (TPSA) is 28.7 Å². The molecule has 0 aliphatic carbocycles. The number of aromatic amines is 1. The molecule has 1 heterocycles. The summed E-state index contributed by atoms with van der Waals surface area (Å²) in [7, 11) is 0. The number of nitrogens with zero attached hydrogens (tertiary/aromatic N) is 1. The molecule has 94 valence electrons. The van der Waals surface area contributed by atoms with Crippen molar-refractivity contribution in [3.05, 3.63) is 46.0 Å².